The van der Waals surface area contributed by atoms with Crippen LogP contribution in [0, 0.1) is 0 Å². The van der Waals surface area contributed by atoms with Crippen LogP contribution in [0.5, 0.6) is 5.75 Å². The van der Waals surface area contributed by atoms with Gasteiger partial charge in [-0.15, -0.1) is 0 Å². The number of methoxy groups -OCH3 is 1. The molecule has 1 aromatic heterocycles. The zero-order valence-corrected chi connectivity index (χ0v) is 13.3. The van der Waals surface area contributed by atoms with E-state index in [9.17, 15) is 9.90 Å². The minimum absolute atomic E-state index is 0.0534. The van der Waals surface area contributed by atoms with E-state index in [1.165, 1.54) is 0 Å². The highest BCUT2D eigenvalue weighted by molar-refractivity contribution is 5.74. The van der Waals surface area contributed by atoms with Crippen molar-refractivity contribution in [1.29, 1.82) is 0 Å². The number of hydrogen-bond donors (Lipinski definition) is 3. The third-order valence-electron chi connectivity index (χ3n) is 3.38. The summed E-state index contributed by atoms with van der Waals surface area (Å²) in [4.78, 5) is 15.8. The van der Waals surface area contributed by atoms with E-state index in [0.717, 1.165) is 11.3 Å². The predicted molar refractivity (Wildman–Crippen MR) is 86.2 cm³/mol. The highest BCUT2D eigenvalue weighted by atomic mass is 16.5. The molecule has 2 amide bonds. The molecule has 2 atom stereocenters. The predicted octanol–water partition coefficient (Wildman–Crippen LogP) is 1.31. The van der Waals surface area contributed by atoms with Crippen LogP contribution < -0.4 is 15.4 Å². The maximum absolute atomic E-state index is 11.8. The fourth-order valence-electron chi connectivity index (χ4n) is 2.16. The normalized spacial score (nSPS) is 13.2. The molecular formula is C16H22N4O3. The first-order chi connectivity index (χ1) is 11.1. The summed E-state index contributed by atoms with van der Waals surface area (Å²) in [5.74, 6) is 0.722. The van der Waals surface area contributed by atoms with Gasteiger partial charge in [0.05, 0.1) is 19.5 Å². The number of nitrogens with zero attached hydrogens (tertiary/aromatic N) is 2. The molecule has 1 heterocycles. The second-order valence-corrected chi connectivity index (χ2v) is 5.30. The van der Waals surface area contributed by atoms with E-state index in [0.29, 0.717) is 6.54 Å². The first-order valence-electron chi connectivity index (χ1n) is 7.40. The summed E-state index contributed by atoms with van der Waals surface area (Å²) in [6.45, 7) is 2.67. The van der Waals surface area contributed by atoms with Gasteiger partial charge in [-0.2, -0.15) is 0 Å². The van der Waals surface area contributed by atoms with Gasteiger partial charge >= 0.3 is 6.03 Å². The van der Waals surface area contributed by atoms with Gasteiger partial charge in [-0.3, -0.25) is 0 Å². The van der Waals surface area contributed by atoms with E-state index >= 15 is 0 Å². The molecule has 23 heavy (non-hydrogen) atoms. The smallest absolute Gasteiger partial charge is 0.315 e. The number of imidazole rings is 1. The molecule has 7 heteroatoms. The Balaban J connectivity index is 1.74. The fraction of sp³-hybridized carbons (Fsp3) is 0.375. The number of urea groups is 1. The van der Waals surface area contributed by atoms with Crippen LogP contribution >= 0.6 is 0 Å². The summed E-state index contributed by atoms with van der Waals surface area (Å²) in [6.07, 6.45) is 4.46. The Morgan fingerprint density at radius 2 is 2.13 bits per heavy atom. The number of aliphatic hydroxyl groups is 1. The first-order valence-corrected chi connectivity index (χ1v) is 7.40. The Hall–Kier alpha value is -2.54. The second-order valence-electron chi connectivity index (χ2n) is 5.30. The van der Waals surface area contributed by atoms with Crippen LogP contribution in [0.2, 0.25) is 0 Å². The van der Waals surface area contributed by atoms with Gasteiger partial charge in [-0.25, -0.2) is 9.78 Å². The minimum Gasteiger partial charge on any atom is -0.497 e. The van der Waals surface area contributed by atoms with Crippen molar-refractivity contribution in [3.8, 4) is 5.75 Å². The lowest BCUT2D eigenvalue weighted by Gasteiger charge is -2.17. The molecule has 1 aromatic carbocycles. The number of amides is 2. The summed E-state index contributed by atoms with van der Waals surface area (Å²) in [5.41, 5.74) is 0.720. The molecule has 0 radical (unpaired) electrons. The average Bonchev–Trinajstić information content (AvgIpc) is 3.05. The lowest BCUT2D eigenvalue weighted by molar-refractivity contribution is 0.172. The Morgan fingerprint density at radius 1 is 1.39 bits per heavy atom. The van der Waals surface area contributed by atoms with Gasteiger partial charge in [0.1, 0.15) is 5.75 Å². The zero-order valence-electron chi connectivity index (χ0n) is 13.3. The number of rotatable bonds is 7. The van der Waals surface area contributed by atoms with Gasteiger partial charge in [0, 0.05) is 31.5 Å². The van der Waals surface area contributed by atoms with Gasteiger partial charge in [0.15, 0.2) is 0 Å². The molecule has 0 aliphatic carbocycles. The summed E-state index contributed by atoms with van der Waals surface area (Å²) in [6, 6.07) is 6.71. The number of ether oxygens (including phenoxy) is 1. The Kier molecular flexibility index (Phi) is 5.99. The summed E-state index contributed by atoms with van der Waals surface area (Å²) >= 11 is 0. The van der Waals surface area contributed by atoms with E-state index in [2.05, 4.69) is 15.6 Å². The van der Waals surface area contributed by atoms with Crippen molar-refractivity contribution in [3.63, 3.8) is 0 Å². The maximum atomic E-state index is 11.8. The van der Waals surface area contributed by atoms with E-state index < -0.39 is 6.10 Å². The molecule has 124 valence electrons. The number of carbonyl (C=O) groups is 1. The van der Waals surface area contributed by atoms with Gasteiger partial charge in [0.25, 0.3) is 0 Å². The average molecular weight is 318 g/mol. The molecule has 0 bridgehead atoms. The third kappa shape index (κ3) is 5.30. The SMILES string of the molecule is COc1ccc([C@@H](O)CNC(=O)N[C@H](C)Cn2ccnc2)cc1. The Morgan fingerprint density at radius 3 is 2.74 bits per heavy atom. The maximum Gasteiger partial charge on any atom is 0.315 e. The number of benzene rings is 1. The van der Waals surface area contributed by atoms with Crippen LogP contribution in [0.4, 0.5) is 4.79 Å². The zero-order chi connectivity index (χ0) is 16.7. The molecule has 3 N–H and O–H groups in total. The molecule has 0 saturated heterocycles. The van der Waals surface area contributed by atoms with Gasteiger partial charge in [-0.05, 0) is 24.6 Å². The molecule has 0 saturated carbocycles. The fourth-order valence-corrected chi connectivity index (χ4v) is 2.16. The van der Waals surface area contributed by atoms with Crippen molar-refractivity contribution in [3.05, 3.63) is 48.5 Å². The van der Waals surface area contributed by atoms with E-state index in [1.54, 1.807) is 43.9 Å². The molecule has 0 fully saturated rings. The highest BCUT2D eigenvalue weighted by Gasteiger charge is 2.11. The molecule has 2 aromatic rings. The number of nitrogens with one attached hydrogen (secondary N) is 2. The van der Waals surface area contributed by atoms with Crippen molar-refractivity contribution in [2.24, 2.45) is 0 Å². The molecular weight excluding hydrogens is 296 g/mol. The molecule has 7 nitrogen and oxygen atoms in total. The highest BCUT2D eigenvalue weighted by Crippen LogP contribution is 2.16. The topological polar surface area (TPSA) is 88.4 Å². The van der Waals surface area contributed by atoms with Crippen LogP contribution in [-0.2, 0) is 6.54 Å². The number of carbonyl (C=O) groups excluding carboxylic acids is 1. The molecule has 0 spiro atoms. The second kappa shape index (κ2) is 8.19. The van der Waals surface area contributed by atoms with Crippen molar-refractivity contribution < 1.29 is 14.6 Å². The third-order valence-corrected chi connectivity index (χ3v) is 3.38. The largest absolute Gasteiger partial charge is 0.497 e. The number of hydrogen-bond acceptors (Lipinski definition) is 4. The lowest BCUT2D eigenvalue weighted by Crippen LogP contribution is -2.43. The van der Waals surface area contributed by atoms with Crippen molar-refractivity contribution in [2.45, 2.75) is 25.6 Å². The van der Waals surface area contributed by atoms with Crippen molar-refractivity contribution in [1.82, 2.24) is 20.2 Å². The number of aliphatic hydroxyl groups excluding tert-OH is 1. The standard InChI is InChI=1S/C16H22N4O3/c1-12(10-20-8-7-17-11-20)19-16(22)18-9-15(21)13-3-5-14(23-2)6-4-13/h3-8,11-12,15,21H,9-10H2,1-2H3,(H2,18,19,22)/t12-,15+/m1/s1. The van der Waals surface area contributed by atoms with Crippen LogP contribution in [0.25, 0.3) is 0 Å². The summed E-state index contributed by atoms with van der Waals surface area (Å²) in [7, 11) is 1.59. The first kappa shape index (κ1) is 16.8. The van der Waals surface area contributed by atoms with Crippen LogP contribution in [0.3, 0.4) is 0 Å². The number of aromatic nitrogens is 2. The van der Waals surface area contributed by atoms with Crippen LogP contribution in [0.1, 0.15) is 18.6 Å². The summed E-state index contributed by atoms with van der Waals surface area (Å²) < 4.78 is 6.95. The van der Waals surface area contributed by atoms with Crippen LogP contribution in [-0.4, -0.2) is 40.4 Å². The van der Waals surface area contributed by atoms with E-state index in [-0.39, 0.29) is 18.6 Å². The van der Waals surface area contributed by atoms with E-state index in [1.807, 2.05) is 17.7 Å². The van der Waals surface area contributed by atoms with Gasteiger partial charge in [0.2, 0.25) is 0 Å². The van der Waals surface area contributed by atoms with Crippen LogP contribution in [0.15, 0.2) is 43.0 Å². The Labute approximate surface area is 135 Å². The molecule has 0 unspecified atom stereocenters. The van der Waals surface area contributed by atoms with Crippen molar-refractivity contribution >= 4 is 6.03 Å². The quantitative estimate of drug-likeness (QED) is 0.718. The van der Waals surface area contributed by atoms with Crippen molar-refractivity contribution in [2.75, 3.05) is 13.7 Å². The molecule has 0 aliphatic heterocycles. The molecule has 0 aliphatic rings. The van der Waals surface area contributed by atoms with Gasteiger partial charge < -0.3 is 25.0 Å². The monoisotopic (exact) mass is 318 g/mol. The lowest BCUT2D eigenvalue weighted by atomic mass is 10.1. The summed E-state index contributed by atoms with van der Waals surface area (Å²) in [5, 5.41) is 15.6. The van der Waals surface area contributed by atoms with E-state index in [4.69, 9.17) is 4.74 Å². The minimum atomic E-state index is -0.768. The van der Waals surface area contributed by atoms with Gasteiger partial charge in [-0.1, -0.05) is 12.1 Å². The molecule has 2 rings (SSSR count). The Bertz CT molecular complexity index is 598.